The van der Waals surface area contributed by atoms with Crippen LogP contribution < -0.4 is 5.32 Å². The van der Waals surface area contributed by atoms with Crippen LogP contribution in [-0.2, 0) is 9.59 Å². The predicted molar refractivity (Wildman–Crippen MR) is 84.7 cm³/mol. The number of hydrogen-bond donors (Lipinski definition) is 2. The first-order valence-corrected chi connectivity index (χ1v) is 8.56. The fourth-order valence-electron chi connectivity index (χ4n) is 3.56. The van der Waals surface area contributed by atoms with Crippen molar-refractivity contribution in [1.82, 2.24) is 15.1 Å². The Kier molecular flexibility index (Phi) is 7.12. The van der Waals surface area contributed by atoms with Gasteiger partial charge < -0.3 is 15.3 Å². The fraction of sp³-hybridized carbons (Fsp3) is 0.875. The van der Waals surface area contributed by atoms with Crippen LogP contribution in [0.4, 0.5) is 0 Å². The van der Waals surface area contributed by atoms with Crippen molar-refractivity contribution in [2.75, 3.05) is 45.8 Å². The summed E-state index contributed by atoms with van der Waals surface area (Å²) in [6, 6.07) is 0. The van der Waals surface area contributed by atoms with Crippen molar-refractivity contribution in [2.24, 2.45) is 5.92 Å². The average molecular weight is 311 g/mol. The van der Waals surface area contributed by atoms with E-state index in [0.717, 1.165) is 26.1 Å². The summed E-state index contributed by atoms with van der Waals surface area (Å²) >= 11 is 0. The van der Waals surface area contributed by atoms with Crippen molar-refractivity contribution in [2.45, 2.75) is 38.5 Å². The third kappa shape index (κ3) is 6.32. The minimum absolute atomic E-state index is 0.183. The molecule has 2 rings (SSSR count). The van der Waals surface area contributed by atoms with Crippen molar-refractivity contribution in [3.8, 4) is 0 Å². The van der Waals surface area contributed by atoms with Gasteiger partial charge >= 0.3 is 5.97 Å². The van der Waals surface area contributed by atoms with Gasteiger partial charge in [0, 0.05) is 13.1 Å². The molecular formula is C16H29N3O3. The van der Waals surface area contributed by atoms with Gasteiger partial charge in [-0.05, 0) is 51.2 Å². The lowest BCUT2D eigenvalue weighted by atomic mass is 9.97. The Labute approximate surface area is 132 Å². The highest BCUT2D eigenvalue weighted by Gasteiger charge is 2.23. The summed E-state index contributed by atoms with van der Waals surface area (Å²) in [6.07, 6.45) is 7.71. The molecule has 2 heterocycles. The van der Waals surface area contributed by atoms with Crippen molar-refractivity contribution in [3.05, 3.63) is 0 Å². The number of carboxylic acid groups (broad SMARTS) is 1. The number of carbonyl (C=O) groups is 2. The molecular weight excluding hydrogens is 282 g/mol. The molecule has 2 saturated heterocycles. The third-order valence-corrected chi connectivity index (χ3v) is 4.62. The highest BCUT2D eigenvalue weighted by Crippen LogP contribution is 2.19. The van der Waals surface area contributed by atoms with Crippen LogP contribution >= 0.6 is 0 Å². The second kappa shape index (κ2) is 9.10. The molecule has 0 aromatic carbocycles. The summed E-state index contributed by atoms with van der Waals surface area (Å²) in [5.41, 5.74) is 0. The average Bonchev–Trinajstić information content (AvgIpc) is 2.74. The lowest BCUT2D eigenvalue weighted by Gasteiger charge is -2.35. The predicted octanol–water partition coefficient (Wildman–Crippen LogP) is 0.775. The molecule has 0 aromatic heterocycles. The van der Waals surface area contributed by atoms with Crippen LogP contribution in [0.3, 0.4) is 0 Å². The molecule has 0 saturated carbocycles. The molecule has 0 bridgehead atoms. The minimum atomic E-state index is -0.994. The minimum Gasteiger partial charge on any atom is -0.480 e. The normalized spacial score (nSPS) is 24.6. The lowest BCUT2D eigenvalue weighted by Crippen LogP contribution is -2.46. The molecule has 2 N–H and O–H groups in total. The van der Waals surface area contributed by atoms with E-state index in [-0.39, 0.29) is 12.5 Å². The number of piperidine rings is 1. The van der Waals surface area contributed by atoms with Gasteiger partial charge in [-0.1, -0.05) is 12.8 Å². The van der Waals surface area contributed by atoms with Crippen molar-refractivity contribution in [3.63, 3.8) is 0 Å². The van der Waals surface area contributed by atoms with Gasteiger partial charge in [0.1, 0.15) is 6.54 Å². The first-order valence-electron chi connectivity index (χ1n) is 8.56. The van der Waals surface area contributed by atoms with Crippen molar-refractivity contribution in [1.29, 1.82) is 0 Å². The van der Waals surface area contributed by atoms with Crippen LogP contribution in [0.1, 0.15) is 38.5 Å². The molecule has 1 unspecified atom stereocenters. The molecule has 22 heavy (non-hydrogen) atoms. The standard InChI is InChI=1S/C16H29N3O3/c20-15(17-10-16(21)22)13-19-9-5-6-14(12-19)11-18-7-3-1-2-4-8-18/h14H,1-13H2,(H,17,20)(H,21,22). The first kappa shape index (κ1) is 17.2. The molecule has 2 aliphatic rings. The van der Waals surface area contributed by atoms with E-state index in [0.29, 0.717) is 12.5 Å². The number of nitrogens with one attached hydrogen (secondary N) is 1. The van der Waals surface area contributed by atoms with E-state index in [9.17, 15) is 9.59 Å². The number of likely N-dealkylation sites (tertiary alicyclic amines) is 2. The van der Waals surface area contributed by atoms with E-state index < -0.39 is 5.97 Å². The zero-order valence-corrected chi connectivity index (χ0v) is 13.4. The Balaban J connectivity index is 1.71. The maximum Gasteiger partial charge on any atom is 0.322 e. The van der Waals surface area contributed by atoms with Gasteiger partial charge in [0.25, 0.3) is 0 Å². The van der Waals surface area contributed by atoms with Crippen LogP contribution in [0.15, 0.2) is 0 Å². The monoisotopic (exact) mass is 311 g/mol. The van der Waals surface area contributed by atoms with E-state index in [1.807, 2.05) is 0 Å². The highest BCUT2D eigenvalue weighted by atomic mass is 16.4. The van der Waals surface area contributed by atoms with Crippen LogP contribution in [0.5, 0.6) is 0 Å². The molecule has 126 valence electrons. The summed E-state index contributed by atoms with van der Waals surface area (Å²) in [6.45, 7) is 5.51. The summed E-state index contributed by atoms with van der Waals surface area (Å²) in [7, 11) is 0. The number of carboxylic acids is 1. The summed E-state index contributed by atoms with van der Waals surface area (Å²) in [4.78, 5) is 27.0. The van der Waals surface area contributed by atoms with E-state index in [2.05, 4.69) is 15.1 Å². The molecule has 6 nitrogen and oxygen atoms in total. The number of amides is 1. The second-order valence-electron chi connectivity index (χ2n) is 6.63. The molecule has 1 atom stereocenters. The largest absolute Gasteiger partial charge is 0.480 e. The zero-order valence-electron chi connectivity index (χ0n) is 13.4. The van der Waals surface area contributed by atoms with Gasteiger partial charge in [0.15, 0.2) is 0 Å². The van der Waals surface area contributed by atoms with Crippen molar-refractivity contribution < 1.29 is 14.7 Å². The van der Waals surface area contributed by atoms with E-state index in [1.54, 1.807) is 0 Å². The molecule has 2 fully saturated rings. The third-order valence-electron chi connectivity index (χ3n) is 4.62. The van der Waals surface area contributed by atoms with Gasteiger partial charge in [-0.2, -0.15) is 0 Å². The van der Waals surface area contributed by atoms with E-state index in [1.165, 1.54) is 45.2 Å². The highest BCUT2D eigenvalue weighted by molar-refractivity contribution is 5.82. The van der Waals surface area contributed by atoms with Crippen LogP contribution in [0.2, 0.25) is 0 Å². The molecule has 0 aromatic rings. The fourth-order valence-corrected chi connectivity index (χ4v) is 3.56. The summed E-state index contributed by atoms with van der Waals surface area (Å²) in [5.74, 6) is -0.539. The number of carbonyl (C=O) groups excluding carboxylic acids is 1. The maximum atomic E-state index is 11.7. The maximum absolute atomic E-state index is 11.7. The van der Waals surface area contributed by atoms with E-state index in [4.69, 9.17) is 5.11 Å². The summed E-state index contributed by atoms with van der Waals surface area (Å²) in [5, 5.41) is 11.0. The Morgan fingerprint density at radius 3 is 2.36 bits per heavy atom. The van der Waals surface area contributed by atoms with Crippen LogP contribution in [0.25, 0.3) is 0 Å². The topological polar surface area (TPSA) is 72.9 Å². The number of aliphatic carboxylic acids is 1. The molecule has 1 amide bonds. The van der Waals surface area contributed by atoms with Crippen molar-refractivity contribution >= 4 is 11.9 Å². The molecule has 0 aliphatic carbocycles. The Bertz CT molecular complexity index is 368. The van der Waals surface area contributed by atoms with Gasteiger partial charge in [0.2, 0.25) is 5.91 Å². The molecule has 2 aliphatic heterocycles. The second-order valence-corrected chi connectivity index (χ2v) is 6.63. The molecule has 0 spiro atoms. The van der Waals surface area contributed by atoms with Gasteiger partial charge in [-0.15, -0.1) is 0 Å². The van der Waals surface area contributed by atoms with E-state index >= 15 is 0 Å². The Morgan fingerprint density at radius 2 is 1.68 bits per heavy atom. The SMILES string of the molecule is O=C(O)CNC(=O)CN1CCCC(CN2CCCCCC2)C1. The Morgan fingerprint density at radius 1 is 1.00 bits per heavy atom. The smallest absolute Gasteiger partial charge is 0.322 e. The van der Waals surface area contributed by atoms with Crippen LogP contribution in [-0.4, -0.2) is 72.6 Å². The number of rotatable bonds is 6. The lowest BCUT2D eigenvalue weighted by molar-refractivity contribution is -0.138. The molecule has 6 heteroatoms. The zero-order chi connectivity index (χ0) is 15.8. The number of nitrogens with zero attached hydrogens (tertiary/aromatic N) is 2. The molecule has 0 radical (unpaired) electrons. The van der Waals surface area contributed by atoms with Crippen LogP contribution in [0, 0.1) is 5.92 Å². The number of hydrogen-bond acceptors (Lipinski definition) is 4. The quantitative estimate of drug-likeness (QED) is 0.758. The summed E-state index contributed by atoms with van der Waals surface area (Å²) < 4.78 is 0. The first-order chi connectivity index (χ1) is 10.6. The Hall–Kier alpha value is -1.14. The van der Waals surface area contributed by atoms with Gasteiger partial charge in [-0.25, -0.2) is 0 Å². The van der Waals surface area contributed by atoms with Gasteiger partial charge in [-0.3, -0.25) is 14.5 Å². The van der Waals surface area contributed by atoms with Gasteiger partial charge in [0.05, 0.1) is 6.54 Å².